The van der Waals surface area contributed by atoms with Crippen LogP contribution in [0.1, 0.15) is 97.8 Å². The third kappa shape index (κ3) is 10.2. The number of hydrogen-bond acceptors (Lipinski definition) is 0. The van der Waals surface area contributed by atoms with E-state index in [9.17, 15) is 0 Å². The van der Waals surface area contributed by atoms with Crippen LogP contribution in [0.2, 0.25) is 0 Å². The molecule has 0 radical (unpaired) electrons. The Hall–Kier alpha value is -0.260. The molecular formula is C19H38. The topological polar surface area (TPSA) is 0 Å². The van der Waals surface area contributed by atoms with Gasteiger partial charge in [-0.1, -0.05) is 84.6 Å². The molecule has 1 atom stereocenters. The molecule has 0 aliphatic heterocycles. The van der Waals surface area contributed by atoms with Gasteiger partial charge in [0, 0.05) is 0 Å². The number of hydrogen-bond donors (Lipinski definition) is 0. The molecule has 0 amide bonds. The summed E-state index contributed by atoms with van der Waals surface area (Å²) in [7, 11) is 0. The molecule has 0 fully saturated rings. The van der Waals surface area contributed by atoms with Gasteiger partial charge in [-0.15, -0.1) is 6.58 Å². The second kappa shape index (κ2) is 14.2. The van der Waals surface area contributed by atoms with Gasteiger partial charge in [-0.05, 0) is 31.1 Å². The molecule has 114 valence electrons. The molecule has 0 spiro atoms. The molecule has 0 aromatic heterocycles. The maximum atomic E-state index is 4.12. The van der Waals surface area contributed by atoms with E-state index in [1.165, 1.54) is 77.0 Å². The average Bonchev–Trinajstić information content (AvgIpc) is 2.43. The Morgan fingerprint density at radius 2 is 1.11 bits per heavy atom. The molecule has 0 saturated carbocycles. The zero-order valence-electron chi connectivity index (χ0n) is 13.9. The van der Waals surface area contributed by atoms with Crippen LogP contribution in [0.3, 0.4) is 0 Å². The quantitative estimate of drug-likeness (QED) is 0.231. The van der Waals surface area contributed by atoms with Crippen molar-refractivity contribution < 1.29 is 0 Å². The Morgan fingerprint density at radius 1 is 0.684 bits per heavy atom. The van der Waals surface area contributed by atoms with Crippen molar-refractivity contribution in [3.63, 3.8) is 0 Å². The molecule has 19 heavy (non-hydrogen) atoms. The van der Waals surface area contributed by atoms with Crippen LogP contribution in [0.25, 0.3) is 0 Å². The molecule has 0 nitrogen and oxygen atoms in total. The first-order chi connectivity index (χ1) is 9.29. The van der Waals surface area contributed by atoms with Crippen LogP contribution in [0.5, 0.6) is 0 Å². The number of unbranched alkanes of at least 4 members (excludes halogenated alkanes) is 6. The fourth-order valence-corrected chi connectivity index (χ4v) is 3.06. The minimum absolute atomic E-state index is 0.778. The average molecular weight is 267 g/mol. The van der Waals surface area contributed by atoms with Crippen molar-refractivity contribution in [1.29, 1.82) is 0 Å². The molecule has 0 N–H and O–H groups in total. The van der Waals surface area contributed by atoms with Gasteiger partial charge in [0.05, 0.1) is 0 Å². The fraction of sp³-hybridized carbons (Fsp3) is 0.895. The lowest BCUT2D eigenvalue weighted by Crippen LogP contribution is -2.13. The van der Waals surface area contributed by atoms with Crippen LogP contribution >= 0.6 is 0 Å². The highest BCUT2D eigenvalue weighted by Crippen LogP contribution is 2.30. The first-order valence-electron chi connectivity index (χ1n) is 8.92. The van der Waals surface area contributed by atoms with Crippen LogP contribution in [-0.2, 0) is 0 Å². The molecule has 0 aliphatic rings. The van der Waals surface area contributed by atoms with E-state index in [4.69, 9.17) is 0 Å². The molecule has 0 aromatic carbocycles. The maximum Gasteiger partial charge on any atom is -0.0208 e. The minimum atomic E-state index is 0.778. The van der Waals surface area contributed by atoms with Gasteiger partial charge in [0.2, 0.25) is 0 Å². The lowest BCUT2D eigenvalue weighted by molar-refractivity contribution is 0.303. The third-order valence-corrected chi connectivity index (χ3v) is 4.41. The fourth-order valence-electron chi connectivity index (χ4n) is 3.06. The SMILES string of the molecule is C=CC(CCCCC)C(CCCCC)CCCCC. The highest BCUT2D eigenvalue weighted by Gasteiger charge is 2.17. The summed E-state index contributed by atoms with van der Waals surface area (Å²) in [5.74, 6) is 1.69. The minimum Gasteiger partial charge on any atom is -0.103 e. The Labute approximate surface area is 123 Å². The van der Waals surface area contributed by atoms with Crippen molar-refractivity contribution in [3.8, 4) is 0 Å². The van der Waals surface area contributed by atoms with E-state index in [-0.39, 0.29) is 0 Å². The van der Waals surface area contributed by atoms with E-state index in [1.54, 1.807) is 0 Å². The van der Waals surface area contributed by atoms with E-state index in [0.717, 1.165) is 11.8 Å². The monoisotopic (exact) mass is 266 g/mol. The van der Waals surface area contributed by atoms with Crippen LogP contribution in [0, 0.1) is 11.8 Å². The molecule has 0 heteroatoms. The Morgan fingerprint density at radius 3 is 1.47 bits per heavy atom. The van der Waals surface area contributed by atoms with Gasteiger partial charge in [-0.2, -0.15) is 0 Å². The second-order valence-corrected chi connectivity index (χ2v) is 6.15. The predicted molar refractivity (Wildman–Crippen MR) is 89.6 cm³/mol. The van der Waals surface area contributed by atoms with Crippen molar-refractivity contribution in [2.24, 2.45) is 11.8 Å². The first kappa shape index (κ1) is 18.7. The normalized spacial score (nSPS) is 12.8. The van der Waals surface area contributed by atoms with Crippen molar-refractivity contribution in [2.45, 2.75) is 97.8 Å². The summed E-state index contributed by atoms with van der Waals surface area (Å²) in [6.45, 7) is 11.0. The molecule has 0 heterocycles. The Kier molecular flexibility index (Phi) is 14.0. The summed E-state index contributed by atoms with van der Waals surface area (Å²) in [6.07, 6.45) is 19.0. The lowest BCUT2D eigenvalue weighted by atomic mass is 9.81. The highest BCUT2D eigenvalue weighted by molar-refractivity contribution is 4.84. The largest absolute Gasteiger partial charge is 0.103 e. The summed E-state index contributed by atoms with van der Waals surface area (Å²) in [6, 6.07) is 0. The Bertz CT molecular complexity index is 172. The van der Waals surface area contributed by atoms with Crippen LogP contribution in [0.4, 0.5) is 0 Å². The zero-order valence-corrected chi connectivity index (χ0v) is 13.9. The Balaban J connectivity index is 4.16. The van der Waals surface area contributed by atoms with Crippen LogP contribution < -0.4 is 0 Å². The van der Waals surface area contributed by atoms with Crippen molar-refractivity contribution in [3.05, 3.63) is 12.7 Å². The van der Waals surface area contributed by atoms with Crippen molar-refractivity contribution in [1.82, 2.24) is 0 Å². The summed E-state index contributed by atoms with van der Waals surface area (Å²) < 4.78 is 0. The van der Waals surface area contributed by atoms with Gasteiger partial charge in [0.15, 0.2) is 0 Å². The molecule has 1 unspecified atom stereocenters. The summed E-state index contributed by atoms with van der Waals surface area (Å²) in [4.78, 5) is 0. The predicted octanol–water partition coefficient (Wildman–Crippen LogP) is 7.15. The smallest absolute Gasteiger partial charge is 0.0208 e. The molecule has 0 rings (SSSR count). The molecule has 0 aromatic rings. The van der Waals surface area contributed by atoms with E-state index >= 15 is 0 Å². The standard InChI is InChI=1S/C19H38/c1-5-9-12-15-18(8-4)19(16-13-10-6-2)17-14-11-7-3/h8,18-19H,4-7,9-17H2,1-3H3. The lowest BCUT2D eigenvalue weighted by Gasteiger charge is -2.25. The van der Waals surface area contributed by atoms with Crippen molar-refractivity contribution in [2.75, 3.05) is 0 Å². The van der Waals surface area contributed by atoms with Crippen LogP contribution in [-0.4, -0.2) is 0 Å². The van der Waals surface area contributed by atoms with Gasteiger partial charge in [0.25, 0.3) is 0 Å². The van der Waals surface area contributed by atoms with E-state index in [1.807, 2.05) is 0 Å². The zero-order chi connectivity index (χ0) is 14.3. The third-order valence-electron chi connectivity index (χ3n) is 4.41. The van der Waals surface area contributed by atoms with Crippen LogP contribution in [0.15, 0.2) is 12.7 Å². The summed E-state index contributed by atoms with van der Waals surface area (Å²) in [5, 5.41) is 0. The summed E-state index contributed by atoms with van der Waals surface area (Å²) >= 11 is 0. The molecule has 0 saturated heterocycles. The molecular weight excluding hydrogens is 228 g/mol. The van der Waals surface area contributed by atoms with Gasteiger partial charge in [0.1, 0.15) is 0 Å². The second-order valence-electron chi connectivity index (χ2n) is 6.15. The highest BCUT2D eigenvalue weighted by atomic mass is 14.2. The van der Waals surface area contributed by atoms with Gasteiger partial charge >= 0.3 is 0 Å². The van der Waals surface area contributed by atoms with Gasteiger partial charge in [-0.3, -0.25) is 0 Å². The van der Waals surface area contributed by atoms with Crippen molar-refractivity contribution >= 4 is 0 Å². The number of allylic oxidation sites excluding steroid dienone is 1. The maximum absolute atomic E-state index is 4.12. The molecule has 0 aliphatic carbocycles. The first-order valence-corrected chi connectivity index (χ1v) is 8.92. The summed E-state index contributed by atoms with van der Waals surface area (Å²) in [5.41, 5.74) is 0. The molecule has 0 bridgehead atoms. The van der Waals surface area contributed by atoms with E-state index < -0.39 is 0 Å². The van der Waals surface area contributed by atoms with Gasteiger partial charge < -0.3 is 0 Å². The van der Waals surface area contributed by atoms with E-state index in [0.29, 0.717) is 0 Å². The van der Waals surface area contributed by atoms with Gasteiger partial charge in [-0.25, -0.2) is 0 Å². The number of rotatable bonds is 14. The van der Waals surface area contributed by atoms with E-state index in [2.05, 4.69) is 33.4 Å².